The molecule has 0 atom stereocenters. The second kappa shape index (κ2) is 6.64. The lowest BCUT2D eigenvalue weighted by Gasteiger charge is -1.90. The van der Waals surface area contributed by atoms with Crippen LogP contribution in [0.3, 0.4) is 0 Å². The molecule has 0 aliphatic carbocycles. The van der Waals surface area contributed by atoms with Crippen molar-refractivity contribution < 1.29 is 4.57 Å². The van der Waals surface area contributed by atoms with Crippen molar-refractivity contribution in [2.75, 3.05) is 0 Å². The molecule has 0 amide bonds. The van der Waals surface area contributed by atoms with Gasteiger partial charge in [0.25, 0.3) is 0 Å². The second-order valence-electron chi connectivity index (χ2n) is 7.47. The summed E-state index contributed by atoms with van der Waals surface area (Å²) in [6.45, 7) is 0. The molecular formula is C24H18N5S+. The maximum Gasteiger partial charge on any atom is 0.225 e. The Morgan fingerprint density at radius 2 is 1.40 bits per heavy atom. The molecule has 0 fully saturated rings. The van der Waals surface area contributed by atoms with Gasteiger partial charge in [-0.1, -0.05) is 11.3 Å². The van der Waals surface area contributed by atoms with Gasteiger partial charge in [-0.05, 0) is 66.8 Å². The molecule has 6 rings (SSSR count). The zero-order chi connectivity index (χ0) is 20.1. The third-order valence-electron chi connectivity index (χ3n) is 5.10. The van der Waals surface area contributed by atoms with Crippen LogP contribution in [0.4, 0.5) is 0 Å². The highest BCUT2D eigenvalue weighted by Gasteiger charge is 2.11. The van der Waals surface area contributed by atoms with Gasteiger partial charge in [0.15, 0.2) is 6.20 Å². The highest BCUT2D eigenvalue weighted by molar-refractivity contribution is 7.13. The van der Waals surface area contributed by atoms with Crippen LogP contribution in [-0.2, 0) is 7.05 Å². The Balaban J connectivity index is 1.68. The first kappa shape index (κ1) is 17.1. The van der Waals surface area contributed by atoms with Crippen molar-refractivity contribution >= 4 is 57.7 Å². The molecule has 2 aliphatic heterocycles. The Morgan fingerprint density at radius 3 is 2.10 bits per heavy atom. The zero-order valence-corrected chi connectivity index (χ0v) is 17.1. The largest absolute Gasteiger partial charge is 0.355 e. The minimum Gasteiger partial charge on any atom is -0.355 e. The van der Waals surface area contributed by atoms with Gasteiger partial charge in [0.2, 0.25) is 5.51 Å². The quantitative estimate of drug-likeness (QED) is 0.367. The summed E-state index contributed by atoms with van der Waals surface area (Å²) < 4.78 is 2.08. The Hall–Kier alpha value is -3.77. The maximum atomic E-state index is 4.76. The minimum absolute atomic E-state index is 0.905. The van der Waals surface area contributed by atoms with Gasteiger partial charge >= 0.3 is 0 Å². The lowest BCUT2D eigenvalue weighted by Crippen LogP contribution is -2.22. The molecular weight excluding hydrogens is 390 g/mol. The Morgan fingerprint density at radius 1 is 0.733 bits per heavy atom. The third kappa shape index (κ3) is 3.17. The fraction of sp³-hybridized carbons (Fsp3) is 0.0417. The van der Waals surface area contributed by atoms with Crippen LogP contribution >= 0.6 is 11.3 Å². The number of aryl methyl sites for hydroxylation is 1. The molecule has 0 saturated heterocycles. The van der Waals surface area contributed by atoms with E-state index < -0.39 is 0 Å². The molecule has 4 aromatic heterocycles. The van der Waals surface area contributed by atoms with Crippen molar-refractivity contribution in [2.24, 2.45) is 7.05 Å². The predicted molar refractivity (Wildman–Crippen MR) is 123 cm³/mol. The molecule has 2 aliphatic rings. The molecule has 4 aromatic rings. The molecule has 0 spiro atoms. The molecule has 0 aromatic carbocycles. The molecule has 0 radical (unpaired) electrons. The lowest BCUT2D eigenvalue weighted by molar-refractivity contribution is -0.666. The number of aromatic nitrogens is 5. The molecule has 5 nitrogen and oxygen atoms in total. The van der Waals surface area contributed by atoms with Crippen LogP contribution in [0.15, 0.2) is 54.2 Å². The number of aromatic amines is 2. The lowest BCUT2D eigenvalue weighted by atomic mass is 10.2. The minimum atomic E-state index is 0.905. The van der Waals surface area contributed by atoms with E-state index in [1.165, 1.54) is 10.4 Å². The number of H-pyrrole nitrogens is 2. The summed E-state index contributed by atoms with van der Waals surface area (Å²) in [4.78, 5) is 17.7. The summed E-state index contributed by atoms with van der Waals surface area (Å²) in [5, 5.41) is 0. The monoisotopic (exact) mass is 408 g/mol. The number of hydrogen-bond donors (Lipinski definition) is 2. The number of nitrogens with one attached hydrogen (secondary N) is 2. The maximum absolute atomic E-state index is 4.76. The Labute approximate surface area is 176 Å². The summed E-state index contributed by atoms with van der Waals surface area (Å²) >= 11 is 1.73. The highest BCUT2D eigenvalue weighted by Crippen LogP contribution is 2.29. The SMILES string of the molecule is C[n+]1csc(-c2cc3cc4ccc(cc5nc(cc6nc(cc2[nH]3)C=C6)C=C5)[nH]4)c1. The van der Waals surface area contributed by atoms with E-state index in [0.29, 0.717) is 0 Å². The van der Waals surface area contributed by atoms with E-state index in [4.69, 9.17) is 4.98 Å². The topological polar surface area (TPSA) is 61.2 Å². The first-order valence-corrected chi connectivity index (χ1v) is 10.6. The molecule has 8 bridgehead atoms. The van der Waals surface area contributed by atoms with Crippen LogP contribution in [0.25, 0.3) is 56.8 Å². The molecule has 30 heavy (non-hydrogen) atoms. The zero-order valence-electron chi connectivity index (χ0n) is 16.3. The first-order valence-electron chi connectivity index (χ1n) is 9.71. The van der Waals surface area contributed by atoms with Crippen molar-refractivity contribution in [1.82, 2.24) is 19.9 Å². The summed E-state index contributed by atoms with van der Waals surface area (Å²) in [5.74, 6) is 0. The molecule has 144 valence electrons. The van der Waals surface area contributed by atoms with Crippen LogP contribution in [0.1, 0.15) is 22.8 Å². The number of fused-ring (bicyclic) bond motifs is 8. The Kier molecular flexibility index (Phi) is 3.79. The molecule has 0 unspecified atom stereocenters. The summed E-state index contributed by atoms with van der Waals surface area (Å²) in [6.07, 6.45) is 10.3. The van der Waals surface area contributed by atoms with Gasteiger partial charge in [0.05, 0.1) is 22.8 Å². The van der Waals surface area contributed by atoms with Crippen LogP contribution in [-0.4, -0.2) is 19.9 Å². The first-order chi connectivity index (χ1) is 14.7. The summed E-state index contributed by atoms with van der Waals surface area (Å²) in [7, 11) is 2.05. The van der Waals surface area contributed by atoms with E-state index >= 15 is 0 Å². The highest BCUT2D eigenvalue weighted by atomic mass is 32.1. The smallest absolute Gasteiger partial charge is 0.225 e. The van der Waals surface area contributed by atoms with Crippen LogP contribution < -0.4 is 4.57 Å². The van der Waals surface area contributed by atoms with Crippen LogP contribution in [0, 0.1) is 0 Å². The van der Waals surface area contributed by atoms with Gasteiger partial charge in [0, 0.05) is 27.6 Å². The van der Waals surface area contributed by atoms with E-state index in [2.05, 4.69) is 67.6 Å². The van der Waals surface area contributed by atoms with E-state index in [1.54, 1.807) is 11.3 Å². The molecule has 0 saturated carbocycles. The van der Waals surface area contributed by atoms with Crippen molar-refractivity contribution in [2.45, 2.75) is 0 Å². The molecule has 6 heteroatoms. The average Bonchev–Trinajstić information content (AvgIpc) is 3.51. The van der Waals surface area contributed by atoms with Gasteiger partial charge in [-0.3, -0.25) is 0 Å². The predicted octanol–water partition coefficient (Wildman–Crippen LogP) is 5.21. The van der Waals surface area contributed by atoms with Crippen LogP contribution in [0.5, 0.6) is 0 Å². The van der Waals surface area contributed by atoms with Crippen LogP contribution in [0.2, 0.25) is 0 Å². The number of thiazole rings is 1. The molecule has 2 N–H and O–H groups in total. The summed E-state index contributed by atoms with van der Waals surface area (Å²) in [6, 6.07) is 14.6. The van der Waals surface area contributed by atoms with Crippen molar-refractivity contribution in [3.05, 3.63) is 76.9 Å². The van der Waals surface area contributed by atoms with E-state index in [1.807, 2.05) is 37.4 Å². The van der Waals surface area contributed by atoms with Gasteiger partial charge < -0.3 is 9.97 Å². The van der Waals surface area contributed by atoms with Crippen molar-refractivity contribution in [3.63, 3.8) is 0 Å². The number of hydrogen-bond acceptors (Lipinski definition) is 3. The fourth-order valence-corrected chi connectivity index (χ4v) is 4.60. The van der Waals surface area contributed by atoms with Crippen molar-refractivity contribution in [3.8, 4) is 10.4 Å². The third-order valence-corrected chi connectivity index (χ3v) is 6.12. The molecule has 6 heterocycles. The van der Waals surface area contributed by atoms with Gasteiger partial charge in [-0.15, -0.1) is 0 Å². The van der Waals surface area contributed by atoms with Crippen molar-refractivity contribution in [1.29, 1.82) is 0 Å². The summed E-state index contributed by atoms with van der Waals surface area (Å²) in [5.41, 5.74) is 11.1. The van der Waals surface area contributed by atoms with E-state index in [0.717, 1.165) is 44.8 Å². The van der Waals surface area contributed by atoms with Gasteiger partial charge in [-0.2, -0.15) is 4.57 Å². The van der Waals surface area contributed by atoms with E-state index in [9.17, 15) is 0 Å². The number of nitrogens with zero attached hydrogens (tertiary/aromatic N) is 3. The average molecular weight is 409 g/mol. The Bertz CT molecular complexity index is 1510. The normalized spacial score (nSPS) is 12.6. The standard InChI is InChI=1S/C24H18N5S/c1-29-13-24(30-14-29)22-11-21-10-19-5-4-17(26-19)8-15-2-3-16(25-15)9-18-6-7-20(27-18)12-23(22)28-21/h2-14,26,28H,1H3/q+1. The van der Waals surface area contributed by atoms with Gasteiger partial charge in [0.1, 0.15) is 11.9 Å². The second-order valence-corrected chi connectivity index (χ2v) is 8.36. The van der Waals surface area contributed by atoms with Gasteiger partial charge in [-0.25, -0.2) is 9.97 Å². The fourth-order valence-electron chi connectivity index (χ4n) is 3.74. The number of rotatable bonds is 1. The van der Waals surface area contributed by atoms with E-state index in [-0.39, 0.29) is 0 Å².